The highest BCUT2D eigenvalue weighted by molar-refractivity contribution is 5.97. The largest absolute Gasteiger partial charge is 0.502 e. The summed E-state index contributed by atoms with van der Waals surface area (Å²) in [6.07, 6.45) is 2.86. The van der Waals surface area contributed by atoms with Crippen molar-refractivity contribution in [3.63, 3.8) is 0 Å². The van der Waals surface area contributed by atoms with E-state index in [2.05, 4.69) is 0 Å². The fourth-order valence-electron chi connectivity index (χ4n) is 2.01. The van der Waals surface area contributed by atoms with Gasteiger partial charge in [0.2, 0.25) is 18.1 Å². The van der Waals surface area contributed by atoms with Crippen molar-refractivity contribution in [3.05, 3.63) is 64.0 Å². The van der Waals surface area contributed by atoms with Gasteiger partial charge in [0.1, 0.15) is 0 Å². The zero-order valence-electron chi connectivity index (χ0n) is 11.7. The maximum atomic E-state index is 12.3. The minimum Gasteiger partial charge on any atom is -0.502 e. The molecule has 2 aromatic rings. The smallest absolute Gasteiger partial charge is 0.311 e. The molecule has 22 heavy (non-hydrogen) atoms. The molecule has 1 aromatic carbocycles. The lowest BCUT2D eigenvalue weighted by Crippen LogP contribution is -2.31. The number of phenolic OH excluding ortho intramolecular Hbond substituents is 1. The lowest BCUT2D eigenvalue weighted by molar-refractivity contribution is -0.905. The van der Waals surface area contributed by atoms with E-state index in [0.29, 0.717) is 5.56 Å². The first kappa shape index (κ1) is 15.2. The van der Waals surface area contributed by atoms with Crippen LogP contribution in [0.3, 0.4) is 0 Å². The summed E-state index contributed by atoms with van der Waals surface area (Å²) in [7, 11) is 1.50. The van der Waals surface area contributed by atoms with Crippen LogP contribution in [0.4, 0.5) is 5.69 Å². The van der Waals surface area contributed by atoms with Crippen LogP contribution in [0.15, 0.2) is 42.7 Å². The van der Waals surface area contributed by atoms with E-state index in [1.165, 1.54) is 36.5 Å². The van der Waals surface area contributed by atoms with Crippen LogP contribution in [-0.4, -0.2) is 33.1 Å². The molecule has 0 bridgehead atoms. The van der Waals surface area contributed by atoms with Gasteiger partial charge in [0.15, 0.2) is 0 Å². The molecule has 1 aromatic heterocycles. The monoisotopic (exact) mass is 304 g/mol. The zero-order valence-corrected chi connectivity index (χ0v) is 11.7. The molecule has 2 N–H and O–H groups in total. The number of nitro benzene ring substituents is 1. The van der Waals surface area contributed by atoms with Crippen molar-refractivity contribution in [2.45, 2.75) is 6.54 Å². The van der Waals surface area contributed by atoms with E-state index in [-0.39, 0.29) is 12.1 Å². The number of aromatic hydroxyl groups is 1. The number of carbonyl (C=O) groups is 1. The molecule has 0 aliphatic rings. The average molecular weight is 304 g/mol. The molecule has 2 rings (SSSR count). The molecule has 0 aliphatic heterocycles. The predicted molar refractivity (Wildman–Crippen MR) is 74.4 cm³/mol. The van der Waals surface area contributed by atoms with Crippen molar-refractivity contribution in [1.29, 1.82) is 0 Å². The lowest BCUT2D eigenvalue weighted by atomic mass is 10.1. The molecule has 1 heterocycles. The second-order valence-corrected chi connectivity index (χ2v) is 4.68. The lowest BCUT2D eigenvalue weighted by Gasteiger charge is -2.17. The van der Waals surface area contributed by atoms with Gasteiger partial charge in [-0.05, 0) is 12.1 Å². The van der Waals surface area contributed by atoms with Crippen molar-refractivity contribution in [2.24, 2.45) is 0 Å². The molecule has 0 atom stereocenters. The van der Waals surface area contributed by atoms with Gasteiger partial charge in [-0.25, -0.2) is 0 Å². The second kappa shape index (κ2) is 6.08. The molecule has 0 saturated heterocycles. The molecule has 0 unspecified atom stereocenters. The first-order valence-electron chi connectivity index (χ1n) is 6.31. The van der Waals surface area contributed by atoms with E-state index in [4.69, 9.17) is 0 Å². The second-order valence-electron chi connectivity index (χ2n) is 4.68. The van der Waals surface area contributed by atoms with Gasteiger partial charge in [-0.1, -0.05) is 6.07 Å². The summed E-state index contributed by atoms with van der Waals surface area (Å²) in [5, 5.41) is 30.0. The third-order valence-electron chi connectivity index (χ3n) is 3.06. The predicted octanol–water partition coefficient (Wildman–Crippen LogP) is 1.10. The fraction of sp³-hybridized carbons (Fsp3) is 0.143. The van der Waals surface area contributed by atoms with Gasteiger partial charge in [0, 0.05) is 29.5 Å². The topological polar surface area (TPSA) is 108 Å². The Bertz CT molecular complexity index is 732. The number of hydrogen-bond acceptors (Lipinski definition) is 5. The molecule has 8 nitrogen and oxygen atoms in total. The molecule has 0 aliphatic carbocycles. The summed E-state index contributed by atoms with van der Waals surface area (Å²) in [6, 6.07) is 7.10. The number of phenols is 1. The number of aromatic nitrogens is 1. The van der Waals surface area contributed by atoms with Crippen LogP contribution >= 0.6 is 0 Å². The molecule has 1 amide bonds. The summed E-state index contributed by atoms with van der Waals surface area (Å²) in [5.74, 6) is -1.22. The Balaban J connectivity index is 2.24. The summed E-state index contributed by atoms with van der Waals surface area (Å²) in [5.41, 5.74) is -0.0116. The standard InChI is InChI=1S/C14H13N3O5/c1-15(8-10-4-3-7-16(20)9-10)14(19)11-5-2-6-12(13(11)18)17(21)22/h2-7,9H,8H2,1H3,(H-,18,19,20)/p+1. The first-order chi connectivity index (χ1) is 10.4. The highest BCUT2D eigenvalue weighted by Crippen LogP contribution is 2.30. The van der Waals surface area contributed by atoms with Crippen molar-refractivity contribution in [1.82, 2.24) is 4.90 Å². The molecule has 114 valence electrons. The Morgan fingerprint density at radius 1 is 1.36 bits per heavy atom. The van der Waals surface area contributed by atoms with Crippen LogP contribution in [0.1, 0.15) is 15.9 Å². The van der Waals surface area contributed by atoms with E-state index in [9.17, 15) is 25.2 Å². The van der Waals surface area contributed by atoms with Gasteiger partial charge in [-0.2, -0.15) is 0 Å². The van der Waals surface area contributed by atoms with E-state index < -0.39 is 22.3 Å². The number of amides is 1. The third-order valence-corrected chi connectivity index (χ3v) is 3.06. The van der Waals surface area contributed by atoms with Crippen LogP contribution in [0.2, 0.25) is 0 Å². The average Bonchev–Trinajstić information content (AvgIpc) is 2.46. The first-order valence-corrected chi connectivity index (χ1v) is 6.31. The van der Waals surface area contributed by atoms with Gasteiger partial charge < -0.3 is 10.0 Å². The minimum atomic E-state index is -0.752. The van der Waals surface area contributed by atoms with E-state index in [0.717, 1.165) is 10.8 Å². The van der Waals surface area contributed by atoms with Gasteiger partial charge in [0.05, 0.1) is 17.0 Å². The van der Waals surface area contributed by atoms with Crippen molar-refractivity contribution in [3.8, 4) is 5.75 Å². The van der Waals surface area contributed by atoms with Crippen LogP contribution < -0.4 is 4.73 Å². The Morgan fingerprint density at radius 2 is 2.09 bits per heavy atom. The number of hydrogen-bond donors (Lipinski definition) is 2. The van der Waals surface area contributed by atoms with Crippen molar-refractivity contribution >= 4 is 11.6 Å². The molecule has 0 saturated carbocycles. The Morgan fingerprint density at radius 3 is 2.73 bits per heavy atom. The molecule has 0 radical (unpaired) electrons. The van der Waals surface area contributed by atoms with Gasteiger partial charge in [-0.3, -0.25) is 20.1 Å². The third kappa shape index (κ3) is 3.11. The Labute approximate surface area is 125 Å². The number of nitro groups is 1. The number of nitrogens with zero attached hydrogens (tertiary/aromatic N) is 3. The molecule has 0 fully saturated rings. The van der Waals surface area contributed by atoms with Crippen LogP contribution in [-0.2, 0) is 6.54 Å². The van der Waals surface area contributed by atoms with E-state index in [1.54, 1.807) is 12.1 Å². The highest BCUT2D eigenvalue weighted by Gasteiger charge is 2.23. The van der Waals surface area contributed by atoms with E-state index >= 15 is 0 Å². The maximum absolute atomic E-state index is 12.3. The SMILES string of the molecule is CN(Cc1ccc[n+](O)c1)C(=O)c1cccc([N+](=O)[O-])c1O. The van der Waals surface area contributed by atoms with Crippen LogP contribution in [0, 0.1) is 10.1 Å². The Hall–Kier alpha value is -3.16. The Kier molecular flexibility index (Phi) is 4.21. The number of rotatable bonds is 4. The summed E-state index contributed by atoms with van der Waals surface area (Å²) < 4.78 is 0.860. The number of carbonyl (C=O) groups excluding carboxylic acids is 1. The van der Waals surface area contributed by atoms with Gasteiger partial charge >= 0.3 is 5.69 Å². The van der Waals surface area contributed by atoms with Crippen molar-refractivity contribution < 1.29 is 24.8 Å². The molecular formula is C14H14N3O5+. The molecular weight excluding hydrogens is 290 g/mol. The quantitative estimate of drug-likeness (QED) is 0.380. The normalized spacial score (nSPS) is 10.2. The maximum Gasteiger partial charge on any atom is 0.311 e. The number of pyridine rings is 1. The highest BCUT2D eigenvalue weighted by atomic mass is 16.6. The van der Waals surface area contributed by atoms with Crippen LogP contribution in [0.5, 0.6) is 5.75 Å². The molecule has 8 heteroatoms. The van der Waals surface area contributed by atoms with Gasteiger partial charge in [0.25, 0.3) is 5.91 Å². The zero-order chi connectivity index (χ0) is 16.3. The van der Waals surface area contributed by atoms with E-state index in [1.807, 2.05) is 0 Å². The summed E-state index contributed by atoms with van der Waals surface area (Å²) >= 11 is 0. The number of para-hydroxylation sites is 1. The fourth-order valence-corrected chi connectivity index (χ4v) is 2.01. The number of benzene rings is 1. The summed E-state index contributed by atoms with van der Waals surface area (Å²) in [6.45, 7) is 0.169. The minimum absolute atomic E-state index is 0.149. The van der Waals surface area contributed by atoms with Crippen molar-refractivity contribution in [2.75, 3.05) is 7.05 Å². The van der Waals surface area contributed by atoms with Crippen LogP contribution in [0.25, 0.3) is 0 Å². The summed E-state index contributed by atoms with van der Waals surface area (Å²) in [4.78, 5) is 23.6. The molecule has 0 spiro atoms. The van der Waals surface area contributed by atoms with Gasteiger partial charge in [-0.15, -0.1) is 0 Å².